The van der Waals surface area contributed by atoms with Crippen LogP contribution in [0.25, 0.3) is 0 Å². The molecule has 0 amide bonds. The number of benzene rings is 1. The maximum Gasteiger partial charge on any atom is 0.198 e. The van der Waals surface area contributed by atoms with Crippen LogP contribution in [0.1, 0.15) is 38.7 Å². The maximum absolute atomic E-state index is 4.53. The van der Waals surface area contributed by atoms with Crippen LogP contribution in [0.2, 0.25) is 0 Å². The van der Waals surface area contributed by atoms with Gasteiger partial charge in [0.05, 0.1) is 0 Å². The van der Waals surface area contributed by atoms with Gasteiger partial charge in [-0.1, -0.05) is 24.6 Å². The summed E-state index contributed by atoms with van der Waals surface area (Å²) in [4.78, 5) is 9.47. The lowest BCUT2D eigenvalue weighted by atomic mass is 9.98. The molecule has 0 bridgehead atoms. The van der Waals surface area contributed by atoms with E-state index >= 15 is 0 Å². The van der Waals surface area contributed by atoms with Gasteiger partial charge in [0.15, 0.2) is 5.96 Å². The zero-order valence-corrected chi connectivity index (χ0v) is 17.5. The smallest absolute Gasteiger partial charge is 0.198 e. The second-order valence-corrected chi connectivity index (χ2v) is 7.29. The van der Waals surface area contributed by atoms with Crippen molar-refractivity contribution in [2.75, 3.05) is 38.1 Å². The Morgan fingerprint density at radius 2 is 1.83 bits per heavy atom. The van der Waals surface area contributed by atoms with Crippen LogP contribution in [0.4, 0.5) is 5.69 Å². The number of nitrogens with zero attached hydrogens (tertiary/aromatic N) is 3. The van der Waals surface area contributed by atoms with E-state index in [-0.39, 0.29) is 29.5 Å². The Labute approximate surface area is 163 Å². The van der Waals surface area contributed by atoms with Gasteiger partial charge < -0.3 is 10.2 Å². The monoisotopic (exact) mass is 442 g/mol. The van der Waals surface area contributed by atoms with Crippen LogP contribution in [0, 0.1) is 0 Å². The summed E-state index contributed by atoms with van der Waals surface area (Å²) in [5, 5.41) is 3.62. The molecule has 5 heteroatoms. The molecule has 1 fully saturated rings. The molecule has 0 saturated carbocycles. The molecule has 2 heterocycles. The fourth-order valence-electron chi connectivity index (χ4n) is 3.76. The van der Waals surface area contributed by atoms with Crippen molar-refractivity contribution in [1.29, 1.82) is 0 Å². The number of nitrogens with one attached hydrogen (secondary N) is 1. The van der Waals surface area contributed by atoms with Gasteiger partial charge in [0.1, 0.15) is 0 Å². The molecule has 0 spiro atoms. The number of likely N-dealkylation sites (tertiary alicyclic amines) is 1. The molecule has 0 aliphatic carbocycles. The van der Waals surface area contributed by atoms with E-state index in [2.05, 4.69) is 58.2 Å². The summed E-state index contributed by atoms with van der Waals surface area (Å²) in [7, 11) is 1.89. The number of hydrogen-bond acceptors (Lipinski definition) is 2. The standard InChI is InChI=1S/C19H30N4.HI/c1-19(2,22-12-7-4-8-13-22)15-21-18(20-3)23-14-11-16-9-5-6-10-17(16)23;/h5-6,9-10H,4,7-8,11-15H2,1-3H3,(H,20,21);1H. The number of hydrogen-bond donors (Lipinski definition) is 1. The number of rotatable bonds is 3. The molecule has 3 rings (SSSR count). The molecule has 134 valence electrons. The summed E-state index contributed by atoms with van der Waals surface area (Å²) in [5.41, 5.74) is 2.89. The van der Waals surface area contributed by atoms with E-state index in [4.69, 9.17) is 0 Å². The highest BCUT2D eigenvalue weighted by Crippen LogP contribution is 2.27. The van der Waals surface area contributed by atoms with E-state index in [1.807, 2.05) is 7.05 Å². The van der Waals surface area contributed by atoms with Crippen molar-refractivity contribution in [2.45, 2.75) is 45.1 Å². The number of halogens is 1. The van der Waals surface area contributed by atoms with Crippen LogP contribution in [-0.2, 0) is 6.42 Å². The number of fused-ring (bicyclic) bond motifs is 1. The molecule has 2 aliphatic rings. The Morgan fingerprint density at radius 1 is 1.12 bits per heavy atom. The van der Waals surface area contributed by atoms with Gasteiger partial charge in [-0.2, -0.15) is 0 Å². The quantitative estimate of drug-likeness (QED) is 0.442. The Kier molecular flexibility index (Phi) is 6.92. The molecule has 1 aromatic carbocycles. The summed E-state index contributed by atoms with van der Waals surface area (Å²) >= 11 is 0. The third-order valence-corrected chi connectivity index (χ3v) is 5.25. The van der Waals surface area contributed by atoms with Gasteiger partial charge in [0.25, 0.3) is 0 Å². The fraction of sp³-hybridized carbons (Fsp3) is 0.632. The molecular weight excluding hydrogens is 411 g/mol. The zero-order valence-electron chi connectivity index (χ0n) is 15.2. The molecule has 24 heavy (non-hydrogen) atoms. The molecular formula is C19H31IN4. The molecule has 1 saturated heterocycles. The van der Waals surface area contributed by atoms with Gasteiger partial charge in [0.2, 0.25) is 0 Å². The molecule has 0 radical (unpaired) electrons. The van der Waals surface area contributed by atoms with E-state index < -0.39 is 0 Å². The summed E-state index contributed by atoms with van der Waals surface area (Å²) in [6.07, 6.45) is 5.15. The number of anilines is 1. The lowest BCUT2D eigenvalue weighted by Gasteiger charge is -2.41. The lowest BCUT2D eigenvalue weighted by Crippen LogP contribution is -2.55. The molecule has 1 aromatic rings. The zero-order chi connectivity index (χ0) is 16.3. The SMILES string of the molecule is CN=C(NCC(C)(C)N1CCCCC1)N1CCc2ccccc21.I. The largest absolute Gasteiger partial charge is 0.354 e. The highest BCUT2D eigenvalue weighted by molar-refractivity contribution is 14.0. The van der Waals surface area contributed by atoms with Gasteiger partial charge >= 0.3 is 0 Å². The van der Waals surface area contributed by atoms with Crippen molar-refractivity contribution < 1.29 is 0 Å². The van der Waals surface area contributed by atoms with Crippen molar-refractivity contribution in [3.05, 3.63) is 29.8 Å². The van der Waals surface area contributed by atoms with E-state index in [1.54, 1.807) is 0 Å². The van der Waals surface area contributed by atoms with Gasteiger partial charge in [-0.15, -0.1) is 24.0 Å². The lowest BCUT2D eigenvalue weighted by molar-refractivity contribution is 0.0983. The van der Waals surface area contributed by atoms with E-state index in [0.29, 0.717) is 0 Å². The van der Waals surface area contributed by atoms with E-state index in [9.17, 15) is 0 Å². The number of para-hydroxylation sites is 1. The van der Waals surface area contributed by atoms with Crippen molar-refractivity contribution >= 4 is 35.6 Å². The number of aliphatic imine (C=N–C) groups is 1. The fourth-order valence-corrected chi connectivity index (χ4v) is 3.76. The van der Waals surface area contributed by atoms with Gasteiger partial charge in [-0.3, -0.25) is 9.89 Å². The average Bonchev–Trinajstić information content (AvgIpc) is 3.00. The summed E-state index contributed by atoms with van der Waals surface area (Å²) in [6.45, 7) is 9.08. The highest BCUT2D eigenvalue weighted by atomic mass is 127. The second-order valence-electron chi connectivity index (χ2n) is 7.29. The minimum Gasteiger partial charge on any atom is -0.354 e. The molecule has 4 nitrogen and oxygen atoms in total. The normalized spacial score (nSPS) is 19.0. The van der Waals surface area contributed by atoms with Crippen LogP contribution >= 0.6 is 24.0 Å². The molecule has 2 aliphatic heterocycles. The predicted molar refractivity (Wildman–Crippen MR) is 114 cm³/mol. The van der Waals surface area contributed by atoms with E-state index in [0.717, 1.165) is 25.5 Å². The second kappa shape index (κ2) is 8.52. The topological polar surface area (TPSA) is 30.9 Å². The molecule has 1 N–H and O–H groups in total. The van der Waals surface area contributed by atoms with Gasteiger partial charge in [-0.25, -0.2) is 0 Å². The Bertz CT molecular complexity index is 564. The van der Waals surface area contributed by atoms with Crippen LogP contribution in [-0.4, -0.2) is 49.6 Å². The predicted octanol–water partition coefficient (Wildman–Crippen LogP) is 3.51. The van der Waals surface area contributed by atoms with Crippen molar-refractivity contribution in [3.8, 4) is 0 Å². The molecule has 0 aromatic heterocycles. The van der Waals surface area contributed by atoms with Crippen LogP contribution in [0.3, 0.4) is 0 Å². The van der Waals surface area contributed by atoms with E-state index in [1.165, 1.54) is 43.6 Å². The molecule has 0 atom stereocenters. The first kappa shape index (κ1) is 19.5. The van der Waals surface area contributed by atoms with Gasteiger partial charge in [0, 0.05) is 31.4 Å². The number of piperidine rings is 1. The summed E-state index contributed by atoms with van der Waals surface area (Å²) < 4.78 is 0. The summed E-state index contributed by atoms with van der Waals surface area (Å²) in [5.74, 6) is 1.00. The first-order chi connectivity index (χ1) is 11.1. The minimum absolute atomic E-state index is 0. The Hall–Kier alpha value is -0.820. The van der Waals surface area contributed by atoms with Crippen LogP contribution < -0.4 is 10.2 Å². The Balaban J connectivity index is 0.00000208. The average molecular weight is 442 g/mol. The van der Waals surface area contributed by atoms with Gasteiger partial charge in [-0.05, 0) is 57.8 Å². The molecule has 0 unspecified atom stereocenters. The van der Waals surface area contributed by atoms with Crippen LogP contribution in [0.5, 0.6) is 0 Å². The first-order valence-corrected chi connectivity index (χ1v) is 8.93. The third-order valence-electron chi connectivity index (χ3n) is 5.25. The van der Waals surface area contributed by atoms with Crippen molar-refractivity contribution in [1.82, 2.24) is 10.2 Å². The maximum atomic E-state index is 4.53. The third kappa shape index (κ3) is 4.23. The summed E-state index contributed by atoms with van der Waals surface area (Å²) in [6, 6.07) is 8.66. The minimum atomic E-state index is 0. The highest BCUT2D eigenvalue weighted by Gasteiger charge is 2.29. The van der Waals surface area contributed by atoms with Crippen LogP contribution in [0.15, 0.2) is 29.3 Å². The van der Waals surface area contributed by atoms with Crippen molar-refractivity contribution in [2.24, 2.45) is 4.99 Å². The number of guanidine groups is 1. The first-order valence-electron chi connectivity index (χ1n) is 8.93. The Morgan fingerprint density at radius 3 is 2.54 bits per heavy atom. The van der Waals surface area contributed by atoms with Crippen molar-refractivity contribution in [3.63, 3.8) is 0 Å².